The Kier molecular flexibility index (Phi) is 3.97. The van der Waals surface area contributed by atoms with Gasteiger partial charge in [0.1, 0.15) is 0 Å². The van der Waals surface area contributed by atoms with Crippen molar-refractivity contribution in [2.24, 2.45) is 0 Å². The fraction of sp³-hybridized carbons (Fsp3) is 0.200. The molecule has 1 atom stereocenters. The fourth-order valence-corrected chi connectivity index (χ4v) is 2.11. The van der Waals surface area contributed by atoms with Gasteiger partial charge in [-0.3, -0.25) is 0 Å². The molecule has 0 heterocycles. The predicted molar refractivity (Wildman–Crippen MR) is 74.0 cm³/mol. The maximum atomic E-state index is 10.2. The van der Waals surface area contributed by atoms with E-state index in [2.05, 4.69) is 35.0 Å². The molecule has 17 heavy (non-hydrogen) atoms. The molecule has 1 unspecified atom stereocenters. The minimum absolute atomic E-state index is 0.441. The third kappa shape index (κ3) is 3.18. The van der Waals surface area contributed by atoms with Crippen LogP contribution < -0.4 is 0 Å². The summed E-state index contributed by atoms with van der Waals surface area (Å²) in [5.74, 6) is 0. The average Bonchev–Trinajstić information content (AvgIpc) is 2.33. The molecule has 0 saturated heterocycles. The zero-order valence-corrected chi connectivity index (χ0v) is 11.3. The van der Waals surface area contributed by atoms with Gasteiger partial charge >= 0.3 is 0 Å². The van der Waals surface area contributed by atoms with Crippen LogP contribution in [0.2, 0.25) is 0 Å². The van der Waals surface area contributed by atoms with Crippen LogP contribution in [-0.2, 0) is 6.42 Å². The van der Waals surface area contributed by atoms with Crippen molar-refractivity contribution in [3.05, 3.63) is 69.7 Å². The van der Waals surface area contributed by atoms with Gasteiger partial charge in [0.25, 0.3) is 0 Å². The highest BCUT2D eigenvalue weighted by Crippen LogP contribution is 2.21. The molecule has 0 aliphatic carbocycles. The average molecular weight is 291 g/mol. The second-order valence-electron chi connectivity index (χ2n) is 4.20. The van der Waals surface area contributed by atoms with Crippen LogP contribution in [-0.4, -0.2) is 5.11 Å². The van der Waals surface area contributed by atoms with Crippen LogP contribution in [0, 0.1) is 6.92 Å². The van der Waals surface area contributed by atoms with E-state index in [1.807, 2.05) is 36.4 Å². The summed E-state index contributed by atoms with van der Waals surface area (Å²) in [6.07, 6.45) is 0.220. The second-order valence-corrected chi connectivity index (χ2v) is 5.11. The normalized spacial score (nSPS) is 12.4. The minimum atomic E-state index is -0.441. The van der Waals surface area contributed by atoms with E-state index in [0.717, 1.165) is 10.0 Å². The third-order valence-electron chi connectivity index (χ3n) is 2.93. The lowest BCUT2D eigenvalue weighted by atomic mass is 9.98. The Morgan fingerprint density at radius 3 is 2.35 bits per heavy atom. The van der Waals surface area contributed by atoms with Crippen LogP contribution in [0.1, 0.15) is 22.8 Å². The Morgan fingerprint density at radius 2 is 1.71 bits per heavy atom. The molecule has 0 aliphatic heterocycles. The standard InChI is InChI=1S/C15H15BrO/c1-11-4-2-3-5-13(11)10-15(17)12-6-8-14(16)9-7-12/h2-9,15,17H,10H2,1H3. The Hall–Kier alpha value is -1.12. The number of aliphatic hydroxyl groups is 1. The van der Waals surface area contributed by atoms with E-state index in [-0.39, 0.29) is 0 Å². The molecule has 0 saturated carbocycles. The Bertz CT molecular complexity index is 491. The highest BCUT2D eigenvalue weighted by Gasteiger charge is 2.09. The zero-order valence-electron chi connectivity index (χ0n) is 9.73. The van der Waals surface area contributed by atoms with Crippen molar-refractivity contribution in [3.8, 4) is 0 Å². The third-order valence-corrected chi connectivity index (χ3v) is 3.46. The first-order valence-corrected chi connectivity index (χ1v) is 6.44. The van der Waals surface area contributed by atoms with E-state index in [0.29, 0.717) is 6.42 Å². The van der Waals surface area contributed by atoms with Crippen LogP contribution in [0.4, 0.5) is 0 Å². The highest BCUT2D eigenvalue weighted by molar-refractivity contribution is 9.10. The largest absolute Gasteiger partial charge is 0.388 e. The van der Waals surface area contributed by atoms with Crippen LogP contribution in [0.3, 0.4) is 0 Å². The molecule has 1 nitrogen and oxygen atoms in total. The zero-order chi connectivity index (χ0) is 12.3. The minimum Gasteiger partial charge on any atom is -0.388 e. The quantitative estimate of drug-likeness (QED) is 0.905. The number of benzene rings is 2. The van der Waals surface area contributed by atoms with Crippen molar-refractivity contribution in [2.75, 3.05) is 0 Å². The van der Waals surface area contributed by atoms with Crippen LogP contribution in [0.15, 0.2) is 53.0 Å². The fourth-order valence-electron chi connectivity index (χ4n) is 1.85. The molecular formula is C15H15BrO. The molecule has 2 heteroatoms. The summed E-state index contributed by atoms with van der Waals surface area (Å²) < 4.78 is 1.03. The predicted octanol–water partition coefficient (Wildman–Crippen LogP) is 4.03. The maximum absolute atomic E-state index is 10.2. The Labute approximate surface area is 110 Å². The smallest absolute Gasteiger partial charge is 0.0830 e. The molecule has 2 rings (SSSR count). The van der Waals surface area contributed by atoms with E-state index in [1.165, 1.54) is 11.1 Å². The van der Waals surface area contributed by atoms with E-state index < -0.39 is 6.10 Å². The van der Waals surface area contributed by atoms with Crippen LogP contribution >= 0.6 is 15.9 Å². The molecule has 0 radical (unpaired) electrons. The van der Waals surface area contributed by atoms with Crippen molar-refractivity contribution in [1.82, 2.24) is 0 Å². The SMILES string of the molecule is Cc1ccccc1CC(O)c1ccc(Br)cc1. The van der Waals surface area contributed by atoms with Gasteiger partial charge < -0.3 is 5.11 Å². The summed E-state index contributed by atoms with van der Waals surface area (Å²) in [7, 11) is 0. The van der Waals surface area contributed by atoms with Crippen LogP contribution in [0.25, 0.3) is 0 Å². The summed E-state index contributed by atoms with van der Waals surface area (Å²) in [4.78, 5) is 0. The van der Waals surface area contributed by atoms with Gasteiger partial charge in [0, 0.05) is 10.9 Å². The summed E-state index contributed by atoms with van der Waals surface area (Å²) in [5.41, 5.74) is 3.38. The van der Waals surface area contributed by atoms with Gasteiger partial charge in [-0.15, -0.1) is 0 Å². The number of hydrogen-bond donors (Lipinski definition) is 1. The van der Waals surface area contributed by atoms with Gasteiger partial charge in [0.05, 0.1) is 6.10 Å². The van der Waals surface area contributed by atoms with Crippen molar-refractivity contribution >= 4 is 15.9 Å². The van der Waals surface area contributed by atoms with Crippen molar-refractivity contribution in [1.29, 1.82) is 0 Å². The summed E-state index contributed by atoms with van der Waals surface area (Å²) >= 11 is 3.39. The van der Waals surface area contributed by atoms with Gasteiger partial charge in [-0.2, -0.15) is 0 Å². The lowest BCUT2D eigenvalue weighted by molar-refractivity contribution is 0.178. The Morgan fingerprint density at radius 1 is 1.06 bits per heavy atom. The van der Waals surface area contributed by atoms with Gasteiger partial charge in [-0.05, 0) is 35.7 Å². The topological polar surface area (TPSA) is 20.2 Å². The van der Waals surface area contributed by atoms with Crippen LogP contribution in [0.5, 0.6) is 0 Å². The molecule has 88 valence electrons. The molecule has 0 spiro atoms. The van der Waals surface area contributed by atoms with Crippen molar-refractivity contribution < 1.29 is 5.11 Å². The monoisotopic (exact) mass is 290 g/mol. The molecule has 1 N–H and O–H groups in total. The molecule has 2 aromatic carbocycles. The summed E-state index contributed by atoms with van der Waals surface area (Å²) in [6, 6.07) is 16.0. The first-order valence-electron chi connectivity index (χ1n) is 5.65. The molecule has 0 amide bonds. The molecule has 0 fully saturated rings. The van der Waals surface area contributed by atoms with E-state index in [1.54, 1.807) is 0 Å². The lowest BCUT2D eigenvalue weighted by Gasteiger charge is -2.12. The first-order chi connectivity index (χ1) is 8.16. The number of aliphatic hydroxyl groups excluding tert-OH is 1. The lowest BCUT2D eigenvalue weighted by Crippen LogP contribution is -2.02. The van der Waals surface area contributed by atoms with E-state index in [9.17, 15) is 5.11 Å². The summed E-state index contributed by atoms with van der Waals surface area (Å²) in [5, 5.41) is 10.2. The first kappa shape index (κ1) is 12.3. The summed E-state index contributed by atoms with van der Waals surface area (Å²) in [6.45, 7) is 2.07. The molecular weight excluding hydrogens is 276 g/mol. The maximum Gasteiger partial charge on any atom is 0.0830 e. The van der Waals surface area contributed by atoms with E-state index in [4.69, 9.17) is 0 Å². The molecule has 0 aliphatic rings. The number of halogens is 1. The number of rotatable bonds is 3. The molecule has 0 bridgehead atoms. The van der Waals surface area contributed by atoms with Crippen molar-refractivity contribution in [3.63, 3.8) is 0 Å². The van der Waals surface area contributed by atoms with Crippen molar-refractivity contribution in [2.45, 2.75) is 19.4 Å². The highest BCUT2D eigenvalue weighted by atomic mass is 79.9. The Balaban J connectivity index is 2.14. The van der Waals surface area contributed by atoms with Gasteiger partial charge in [0.2, 0.25) is 0 Å². The van der Waals surface area contributed by atoms with Gasteiger partial charge in [-0.25, -0.2) is 0 Å². The molecule has 2 aromatic rings. The molecule has 0 aromatic heterocycles. The second kappa shape index (κ2) is 5.48. The number of aryl methyl sites for hydroxylation is 1. The number of hydrogen-bond acceptors (Lipinski definition) is 1. The van der Waals surface area contributed by atoms with Gasteiger partial charge in [-0.1, -0.05) is 52.3 Å². The van der Waals surface area contributed by atoms with E-state index >= 15 is 0 Å². The van der Waals surface area contributed by atoms with Gasteiger partial charge in [0.15, 0.2) is 0 Å².